The maximum Gasteiger partial charge on any atom is 0.0956 e. The first-order chi connectivity index (χ1) is 16.0. The number of benzene rings is 1. The van der Waals surface area contributed by atoms with Crippen molar-refractivity contribution < 1.29 is 4.74 Å². The Morgan fingerprint density at radius 1 is 1.09 bits per heavy atom. The summed E-state index contributed by atoms with van der Waals surface area (Å²) in [7, 11) is 4.46. The molecule has 5 aliphatic rings. The molecule has 6 atom stereocenters. The Morgan fingerprint density at radius 2 is 2.00 bits per heavy atom. The van der Waals surface area contributed by atoms with Crippen LogP contribution in [0.25, 0.3) is 10.8 Å². The summed E-state index contributed by atoms with van der Waals surface area (Å²) in [5, 5.41) is 2.68. The van der Waals surface area contributed by atoms with Crippen LogP contribution in [0.15, 0.2) is 60.0 Å². The van der Waals surface area contributed by atoms with Crippen LogP contribution in [0.4, 0.5) is 0 Å². The average molecular weight is 441 g/mol. The quantitative estimate of drug-likeness (QED) is 0.540. The van der Waals surface area contributed by atoms with Gasteiger partial charge in [0.25, 0.3) is 0 Å². The second-order valence-electron chi connectivity index (χ2n) is 12.0. The lowest BCUT2D eigenvalue weighted by atomic mass is 9.56. The van der Waals surface area contributed by atoms with Crippen LogP contribution < -0.4 is 0 Å². The molecule has 3 heteroatoms. The van der Waals surface area contributed by atoms with Crippen molar-refractivity contribution in [1.29, 1.82) is 0 Å². The zero-order valence-corrected chi connectivity index (χ0v) is 20.3. The third-order valence-corrected chi connectivity index (χ3v) is 10.5. The van der Waals surface area contributed by atoms with E-state index in [1.165, 1.54) is 60.4 Å². The standard InChI is InChI=1S/C30H36N2O/c1-28-13-11-22-17-21-7-8-23(32(2)3)18-29(21)14-15-30(22,33-29)27(28)10-9-26(28)24-6-4-5-20-12-16-31-19-25(20)24/h4-7,12,16-17,19,23,26-27H,8-11,13-15,18H2,1-3H3. The van der Waals surface area contributed by atoms with Crippen LogP contribution in [0.2, 0.25) is 0 Å². The number of fused-ring (bicyclic) bond motifs is 2. The second kappa shape index (κ2) is 6.79. The molecule has 1 aromatic carbocycles. The van der Waals surface area contributed by atoms with Gasteiger partial charge in [-0.2, -0.15) is 0 Å². The first-order valence-corrected chi connectivity index (χ1v) is 13.1. The first kappa shape index (κ1) is 20.4. The van der Waals surface area contributed by atoms with Gasteiger partial charge in [0.1, 0.15) is 0 Å². The van der Waals surface area contributed by atoms with Gasteiger partial charge in [-0.3, -0.25) is 4.98 Å². The van der Waals surface area contributed by atoms with Crippen molar-refractivity contribution in [3.05, 3.63) is 65.5 Å². The van der Waals surface area contributed by atoms with Crippen molar-refractivity contribution in [2.45, 2.75) is 81.5 Å². The summed E-state index contributed by atoms with van der Waals surface area (Å²) < 4.78 is 7.44. The summed E-state index contributed by atoms with van der Waals surface area (Å²) >= 11 is 0. The second-order valence-corrected chi connectivity index (χ2v) is 12.0. The summed E-state index contributed by atoms with van der Waals surface area (Å²) in [6.07, 6.45) is 18.9. The van der Waals surface area contributed by atoms with Crippen LogP contribution in [0.5, 0.6) is 0 Å². The van der Waals surface area contributed by atoms with Gasteiger partial charge in [-0.05, 0) is 111 Å². The van der Waals surface area contributed by atoms with E-state index in [1.54, 1.807) is 5.57 Å². The van der Waals surface area contributed by atoms with Gasteiger partial charge in [-0.1, -0.05) is 37.3 Å². The molecule has 2 saturated carbocycles. The SMILES string of the molecule is CN(C)C1CC=C2C=C3CCC4(C)C(c5cccc6ccncc56)CCC4C34CCC2(C1)O4. The molecule has 6 unspecified atom stereocenters. The monoisotopic (exact) mass is 440 g/mol. The molecule has 1 saturated heterocycles. The Kier molecular flexibility index (Phi) is 4.20. The van der Waals surface area contributed by atoms with Crippen LogP contribution in [0, 0.1) is 11.3 Å². The first-order valence-electron chi connectivity index (χ1n) is 13.1. The molecule has 0 radical (unpaired) electrons. The summed E-state index contributed by atoms with van der Waals surface area (Å²) in [5.41, 5.74) is 4.84. The van der Waals surface area contributed by atoms with E-state index in [-0.39, 0.29) is 16.6 Å². The Hall–Kier alpha value is -1.97. The molecule has 2 spiro atoms. The molecule has 0 amide bonds. The molecule has 2 aliphatic heterocycles. The molecule has 2 bridgehead atoms. The van der Waals surface area contributed by atoms with E-state index in [0.717, 1.165) is 12.8 Å². The van der Waals surface area contributed by atoms with E-state index in [2.05, 4.69) is 73.5 Å². The van der Waals surface area contributed by atoms with Crippen molar-refractivity contribution in [2.24, 2.45) is 11.3 Å². The molecule has 3 fully saturated rings. The van der Waals surface area contributed by atoms with Gasteiger partial charge in [0.05, 0.1) is 11.2 Å². The molecule has 1 aromatic heterocycles. The normalized spacial score (nSPS) is 41.4. The summed E-state index contributed by atoms with van der Waals surface area (Å²) in [6.45, 7) is 2.60. The number of nitrogens with zero attached hydrogens (tertiary/aromatic N) is 2. The highest BCUT2D eigenvalue weighted by Gasteiger charge is 2.67. The van der Waals surface area contributed by atoms with Crippen molar-refractivity contribution in [3.8, 4) is 0 Å². The smallest absolute Gasteiger partial charge is 0.0956 e. The van der Waals surface area contributed by atoms with Crippen LogP contribution in [-0.2, 0) is 4.74 Å². The summed E-state index contributed by atoms with van der Waals surface area (Å²) in [6, 6.07) is 9.62. The number of pyridine rings is 1. The third kappa shape index (κ3) is 2.61. The lowest BCUT2D eigenvalue weighted by molar-refractivity contribution is -0.144. The number of ether oxygens (including phenoxy) is 1. The van der Waals surface area contributed by atoms with Crippen LogP contribution in [-0.4, -0.2) is 41.2 Å². The van der Waals surface area contributed by atoms with Gasteiger partial charge in [-0.25, -0.2) is 0 Å². The molecule has 3 aliphatic carbocycles. The molecular weight excluding hydrogens is 404 g/mol. The molecule has 7 rings (SSSR count). The number of aromatic nitrogens is 1. The summed E-state index contributed by atoms with van der Waals surface area (Å²) in [4.78, 5) is 6.90. The minimum absolute atomic E-state index is 0.0316. The topological polar surface area (TPSA) is 25.4 Å². The van der Waals surface area contributed by atoms with Crippen molar-refractivity contribution in [2.75, 3.05) is 14.1 Å². The van der Waals surface area contributed by atoms with E-state index >= 15 is 0 Å². The van der Waals surface area contributed by atoms with Gasteiger partial charge in [0.2, 0.25) is 0 Å². The lowest BCUT2D eigenvalue weighted by Gasteiger charge is -2.55. The number of hydrogen-bond donors (Lipinski definition) is 0. The zero-order chi connectivity index (χ0) is 22.4. The van der Waals surface area contributed by atoms with Crippen LogP contribution >= 0.6 is 0 Å². The molecule has 2 aromatic rings. The van der Waals surface area contributed by atoms with Gasteiger partial charge in [0.15, 0.2) is 0 Å². The van der Waals surface area contributed by atoms with Crippen molar-refractivity contribution >= 4 is 10.8 Å². The highest BCUT2D eigenvalue weighted by Crippen LogP contribution is 2.70. The number of rotatable bonds is 2. The lowest BCUT2D eigenvalue weighted by Crippen LogP contribution is -2.55. The zero-order valence-electron chi connectivity index (χ0n) is 20.3. The van der Waals surface area contributed by atoms with Crippen molar-refractivity contribution in [1.82, 2.24) is 9.88 Å². The van der Waals surface area contributed by atoms with Gasteiger partial charge in [0, 0.05) is 23.8 Å². The molecular formula is C30H36N2O. The van der Waals surface area contributed by atoms with E-state index in [0.29, 0.717) is 17.9 Å². The molecule has 33 heavy (non-hydrogen) atoms. The molecule has 0 N–H and O–H groups in total. The third-order valence-electron chi connectivity index (χ3n) is 10.5. The average Bonchev–Trinajstić information content (AvgIpc) is 3.33. The van der Waals surface area contributed by atoms with Gasteiger partial charge >= 0.3 is 0 Å². The highest BCUT2D eigenvalue weighted by molar-refractivity contribution is 5.85. The fourth-order valence-electron chi connectivity index (χ4n) is 8.79. The molecule has 172 valence electrons. The minimum Gasteiger partial charge on any atom is -0.359 e. The number of hydrogen-bond acceptors (Lipinski definition) is 3. The summed E-state index contributed by atoms with van der Waals surface area (Å²) in [5.74, 6) is 1.20. The van der Waals surface area contributed by atoms with Gasteiger partial charge < -0.3 is 9.64 Å². The Morgan fingerprint density at radius 3 is 2.88 bits per heavy atom. The largest absolute Gasteiger partial charge is 0.359 e. The Balaban J connectivity index is 1.30. The molecule has 3 nitrogen and oxygen atoms in total. The fraction of sp³-hybridized carbons (Fsp3) is 0.567. The predicted octanol–water partition coefficient (Wildman–Crippen LogP) is 6.41. The fourth-order valence-corrected chi connectivity index (χ4v) is 8.79. The van der Waals surface area contributed by atoms with E-state index < -0.39 is 0 Å². The predicted molar refractivity (Wildman–Crippen MR) is 133 cm³/mol. The minimum atomic E-state index is -0.0453. The van der Waals surface area contributed by atoms with Crippen LogP contribution in [0.1, 0.15) is 69.8 Å². The van der Waals surface area contributed by atoms with Crippen molar-refractivity contribution in [3.63, 3.8) is 0 Å². The van der Waals surface area contributed by atoms with E-state index in [4.69, 9.17) is 4.74 Å². The Labute approximate surface area is 197 Å². The van der Waals surface area contributed by atoms with Crippen LogP contribution in [0.3, 0.4) is 0 Å². The highest BCUT2D eigenvalue weighted by atomic mass is 16.5. The maximum absolute atomic E-state index is 7.44. The maximum atomic E-state index is 7.44. The van der Waals surface area contributed by atoms with Gasteiger partial charge in [-0.15, -0.1) is 0 Å². The van der Waals surface area contributed by atoms with E-state index in [1.807, 2.05) is 6.20 Å². The van der Waals surface area contributed by atoms with E-state index in [9.17, 15) is 0 Å². The molecule has 3 heterocycles. The Bertz CT molecular complexity index is 1190.